The Hall–Kier alpha value is -3.68. The van der Waals surface area contributed by atoms with Crippen molar-refractivity contribution in [2.45, 2.75) is 26.9 Å². The van der Waals surface area contributed by atoms with Crippen molar-refractivity contribution in [3.05, 3.63) is 66.0 Å². The van der Waals surface area contributed by atoms with Gasteiger partial charge in [0.15, 0.2) is 0 Å². The first-order valence-electron chi connectivity index (χ1n) is 12.0. The number of hydrazone groups is 1. The molecule has 1 saturated heterocycles. The predicted molar refractivity (Wildman–Crippen MR) is 140 cm³/mol. The van der Waals surface area contributed by atoms with Crippen LogP contribution in [-0.4, -0.2) is 78.7 Å². The number of carbonyl (C=O) groups is 1. The number of aliphatic imine (C=N–C) groups is 1. The lowest BCUT2D eigenvalue weighted by atomic mass is 10.0. The molecule has 8 nitrogen and oxygen atoms in total. The Balaban J connectivity index is 0.000000356. The van der Waals surface area contributed by atoms with E-state index in [1.807, 2.05) is 55.0 Å². The van der Waals surface area contributed by atoms with Crippen LogP contribution in [0.2, 0.25) is 0 Å². The van der Waals surface area contributed by atoms with Crippen LogP contribution in [0.25, 0.3) is 0 Å². The number of piperazine rings is 1. The fourth-order valence-corrected chi connectivity index (χ4v) is 4.48. The van der Waals surface area contributed by atoms with Gasteiger partial charge in [-0.3, -0.25) is 19.8 Å². The number of amides is 1. The van der Waals surface area contributed by atoms with Gasteiger partial charge in [-0.05, 0) is 50.6 Å². The molecule has 4 heterocycles. The van der Waals surface area contributed by atoms with E-state index in [1.165, 1.54) is 0 Å². The van der Waals surface area contributed by atoms with Crippen molar-refractivity contribution in [3.8, 4) is 5.75 Å². The number of benzene rings is 1. The number of aryl methyl sites for hydroxylation is 2. The van der Waals surface area contributed by atoms with E-state index in [0.29, 0.717) is 13.1 Å². The Morgan fingerprint density at radius 3 is 2.54 bits per heavy atom. The van der Waals surface area contributed by atoms with Gasteiger partial charge in [-0.2, -0.15) is 5.10 Å². The molecule has 1 fully saturated rings. The summed E-state index contributed by atoms with van der Waals surface area (Å²) in [5.41, 5.74) is 4.35. The average Bonchev–Trinajstić information content (AvgIpc) is 3.20. The van der Waals surface area contributed by atoms with E-state index >= 15 is 0 Å². The number of rotatable bonds is 4. The first-order chi connectivity index (χ1) is 17.0. The van der Waals surface area contributed by atoms with Crippen molar-refractivity contribution in [1.29, 1.82) is 0 Å². The van der Waals surface area contributed by atoms with E-state index in [0.717, 1.165) is 41.5 Å². The molecule has 2 aromatic rings. The monoisotopic (exact) mass is 474 g/mol. The maximum Gasteiger partial charge on any atom is 0.244 e. The SMILES string of the molecule is COc1cc(N2CCN(C(=O)CN3N=C(C)C4C=CC=NC43)CC2)ccc1C.Cc1ccccn1. The zero-order valence-corrected chi connectivity index (χ0v) is 21.0. The van der Waals surface area contributed by atoms with Crippen molar-refractivity contribution in [3.63, 3.8) is 0 Å². The largest absolute Gasteiger partial charge is 0.496 e. The van der Waals surface area contributed by atoms with Crippen molar-refractivity contribution in [2.24, 2.45) is 16.0 Å². The quantitative estimate of drug-likeness (QED) is 0.680. The van der Waals surface area contributed by atoms with Gasteiger partial charge in [0, 0.05) is 61.7 Å². The first-order valence-corrected chi connectivity index (χ1v) is 12.0. The number of fused-ring (bicyclic) bond motifs is 1. The molecular formula is C27H34N6O2. The molecule has 0 saturated carbocycles. The molecule has 5 rings (SSSR count). The molecule has 1 aromatic carbocycles. The smallest absolute Gasteiger partial charge is 0.244 e. The van der Waals surface area contributed by atoms with Crippen LogP contribution >= 0.6 is 0 Å². The minimum atomic E-state index is -0.0738. The van der Waals surface area contributed by atoms with Crippen LogP contribution in [0.4, 0.5) is 5.69 Å². The molecule has 0 aliphatic carbocycles. The number of dihydropyridines is 1. The number of carbonyl (C=O) groups excluding carboxylic acids is 1. The molecule has 0 bridgehead atoms. The zero-order valence-electron chi connectivity index (χ0n) is 21.0. The number of allylic oxidation sites excluding steroid dienone is 1. The Labute approximate surface area is 207 Å². The Kier molecular flexibility index (Phi) is 7.80. The predicted octanol–water partition coefficient (Wildman–Crippen LogP) is 3.32. The summed E-state index contributed by atoms with van der Waals surface area (Å²) in [7, 11) is 1.70. The molecule has 0 N–H and O–H groups in total. The van der Waals surface area contributed by atoms with Crippen LogP contribution < -0.4 is 9.64 Å². The van der Waals surface area contributed by atoms with Gasteiger partial charge in [-0.1, -0.05) is 18.2 Å². The Bertz CT molecular complexity index is 1110. The number of nitrogens with zero attached hydrogens (tertiary/aromatic N) is 6. The third-order valence-corrected chi connectivity index (χ3v) is 6.54. The van der Waals surface area contributed by atoms with E-state index < -0.39 is 0 Å². The van der Waals surface area contributed by atoms with Gasteiger partial charge in [0.25, 0.3) is 0 Å². The molecule has 3 aliphatic rings. The number of methoxy groups -OCH3 is 1. The molecule has 0 spiro atoms. The summed E-state index contributed by atoms with van der Waals surface area (Å²) in [4.78, 5) is 25.5. The lowest BCUT2D eigenvalue weighted by Gasteiger charge is -2.37. The molecule has 0 radical (unpaired) electrons. The van der Waals surface area contributed by atoms with Crippen molar-refractivity contribution < 1.29 is 9.53 Å². The van der Waals surface area contributed by atoms with Gasteiger partial charge >= 0.3 is 0 Å². The summed E-state index contributed by atoms with van der Waals surface area (Å²) in [5, 5.41) is 6.40. The van der Waals surface area contributed by atoms with Crippen molar-refractivity contribution >= 4 is 23.5 Å². The van der Waals surface area contributed by atoms with Crippen LogP contribution in [0.15, 0.2) is 64.8 Å². The highest BCUT2D eigenvalue weighted by molar-refractivity contribution is 5.90. The number of pyridine rings is 1. The molecule has 35 heavy (non-hydrogen) atoms. The van der Waals surface area contributed by atoms with Gasteiger partial charge in [0.2, 0.25) is 5.91 Å². The minimum absolute atomic E-state index is 0.0738. The highest BCUT2D eigenvalue weighted by Crippen LogP contribution is 2.27. The second-order valence-corrected chi connectivity index (χ2v) is 8.95. The number of aromatic nitrogens is 1. The van der Waals surface area contributed by atoms with Gasteiger partial charge < -0.3 is 14.5 Å². The fourth-order valence-electron chi connectivity index (χ4n) is 4.48. The van der Waals surface area contributed by atoms with Crippen molar-refractivity contribution in [1.82, 2.24) is 14.9 Å². The lowest BCUT2D eigenvalue weighted by molar-refractivity contribution is -0.133. The maximum atomic E-state index is 12.8. The lowest BCUT2D eigenvalue weighted by Crippen LogP contribution is -2.51. The maximum absolute atomic E-state index is 12.8. The fraction of sp³-hybridized carbons (Fsp3) is 0.407. The van der Waals surface area contributed by atoms with Crippen LogP contribution in [-0.2, 0) is 4.79 Å². The average molecular weight is 475 g/mol. The molecule has 2 atom stereocenters. The summed E-state index contributed by atoms with van der Waals surface area (Å²) in [6.07, 6.45) is 7.56. The van der Waals surface area contributed by atoms with Crippen LogP contribution in [0.5, 0.6) is 5.75 Å². The van der Waals surface area contributed by atoms with E-state index in [1.54, 1.807) is 19.5 Å². The number of hydrogen-bond donors (Lipinski definition) is 0. The van der Waals surface area contributed by atoms with E-state index in [9.17, 15) is 4.79 Å². The van der Waals surface area contributed by atoms with E-state index in [-0.39, 0.29) is 24.5 Å². The summed E-state index contributed by atoms with van der Waals surface area (Å²) >= 11 is 0. The number of ether oxygens (including phenoxy) is 1. The first kappa shape index (κ1) is 24.4. The van der Waals surface area contributed by atoms with Gasteiger partial charge in [0.05, 0.1) is 13.0 Å². The molecule has 184 valence electrons. The van der Waals surface area contributed by atoms with Gasteiger partial charge in [-0.25, -0.2) is 0 Å². The molecule has 1 aromatic heterocycles. The van der Waals surface area contributed by atoms with E-state index in [4.69, 9.17) is 4.74 Å². The standard InChI is InChI=1S/C21H27N5O2.C6H7N/c1-15-6-7-17(13-19(15)28-3)24-9-11-25(12-10-24)20(27)14-26-21-18(16(2)23-26)5-4-8-22-21;1-6-4-2-3-5-7-6/h4-8,13,18,21H,9-12,14H2,1-3H3;2-5H,1H3. The van der Waals surface area contributed by atoms with Crippen LogP contribution in [0, 0.1) is 19.8 Å². The molecule has 1 amide bonds. The normalized spacial score (nSPS) is 20.7. The number of hydrogen-bond acceptors (Lipinski definition) is 7. The van der Waals surface area contributed by atoms with Gasteiger partial charge in [0.1, 0.15) is 18.5 Å². The zero-order chi connectivity index (χ0) is 24.8. The summed E-state index contributed by atoms with van der Waals surface area (Å²) in [6, 6.07) is 12.1. The number of anilines is 1. The third kappa shape index (κ3) is 5.88. The molecular weight excluding hydrogens is 440 g/mol. The van der Waals surface area contributed by atoms with Gasteiger partial charge in [-0.15, -0.1) is 0 Å². The van der Waals surface area contributed by atoms with Crippen LogP contribution in [0.3, 0.4) is 0 Å². The molecule has 3 aliphatic heterocycles. The Morgan fingerprint density at radius 2 is 1.89 bits per heavy atom. The second-order valence-electron chi connectivity index (χ2n) is 8.95. The highest BCUT2D eigenvalue weighted by atomic mass is 16.5. The van der Waals surface area contributed by atoms with Crippen LogP contribution in [0.1, 0.15) is 18.2 Å². The van der Waals surface area contributed by atoms with E-state index in [2.05, 4.69) is 44.3 Å². The summed E-state index contributed by atoms with van der Waals surface area (Å²) in [5.74, 6) is 1.20. The topological polar surface area (TPSA) is 73.6 Å². The molecule has 8 heteroatoms. The third-order valence-electron chi connectivity index (χ3n) is 6.54. The minimum Gasteiger partial charge on any atom is -0.496 e. The molecule has 2 unspecified atom stereocenters. The Morgan fingerprint density at radius 1 is 1.09 bits per heavy atom. The summed E-state index contributed by atoms with van der Waals surface area (Å²) < 4.78 is 5.44. The van der Waals surface area contributed by atoms with Crippen molar-refractivity contribution in [2.75, 3.05) is 44.7 Å². The summed E-state index contributed by atoms with van der Waals surface area (Å²) in [6.45, 7) is 9.34. The second kappa shape index (κ2) is 11.2. The highest BCUT2D eigenvalue weighted by Gasteiger charge is 2.36.